The van der Waals surface area contributed by atoms with Gasteiger partial charge in [-0.2, -0.15) is 5.10 Å². The molecule has 2 aromatic heterocycles. The van der Waals surface area contributed by atoms with Gasteiger partial charge in [-0.1, -0.05) is 59.7 Å². The van der Waals surface area contributed by atoms with Crippen LogP contribution in [-0.2, 0) is 0 Å². The fraction of sp³-hybridized carbons (Fsp3) is 0.167. The molecule has 1 atom stereocenters. The Balaban J connectivity index is 1.58. The number of nitrogens with zero attached hydrogens (tertiary/aromatic N) is 3. The van der Waals surface area contributed by atoms with Crippen molar-refractivity contribution in [2.24, 2.45) is 0 Å². The Morgan fingerprint density at radius 2 is 1.60 bits per heavy atom. The molecule has 0 aliphatic carbocycles. The number of pyridine rings is 1. The van der Waals surface area contributed by atoms with Crippen LogP contribution in [0.1, 0.15) is 45.7 Å². The van der Waals surface area contributed by atoms with Crippen LogP contribution in [0.4, 0.5) is 0 Å². The Kier molecular flexibility index (Phi) is 5.91. The predicted molar refractivity (Wildman–Crippen MR) is 141 cm³/mol. The van der Waals surface area contributed by atoms with Crippen molar-refractivity contribution in [1.82, 2.24) is 20.1 Å². The standard InChI is InChI=1S/C30H28N4O/c1-19-10-13-24(14-11-19)34-22(4)27(18-31-34)29-17-26(25-16-20(2)12-15-28(25)33-29)30(35)32-21(3)23-8-6-5-7-9-23/h5-18,21H,1-4H3,(H,32,35)/t21-/m1/s1. The Morgan fingerprint density at radius 1 is 0.886 bits per heavy atom. The number of hydrogen-bond donors (Lipinski definition) is 1. The predicted octanol–water partition coefficient (Wildman–Crippen LogP) is 6.50. The highest BCUT2D eigenvalue weighted by molar-refractivity contribution is 6.07. The summed E-state index contributed by atoms with van der Waals surface area (Å²) in [7, 11) is 0. The first-order chi connectivity index (χ1) is 16.9. The van der Waals surface area contributed by atoms with Gasteiger partial charge in [0.25, 0.3) is 5.91 Å². The Hall–Kier alpha value is -4.25. The maximum Gasteiger partial charge on any atom is 0.252 e. The number of fused-ring (bicyclic) bond motifs is 1. The van der Waals surface area contributed by atoms with Gasteiger partial charge >= 0.3 is 0 Å². The monoisotopic (exact) mass is 460 g/mol. The molecule has 0 aliphatic heterocycles. The molecule has 2 heterocycles. The summed E-state index contributed by atoms with van der Waals surface area (Å²) < 4.78 is 1.91. The maximum absolute atomic E-state index is 13.5. The molecule has 0 spiro atoms. The smallest absolute Gasteiger partial charge is 0.252 e. The second-order valence-electron chi connectivity index (χ2n) is 9.07. The fourth-order valence-electron chi connectivity index (χ4n) is 4.37. The molecule has 0 saturated carbocycles. The molecule has 0 bridgehead atoms. The van der Waals surface area contributed by atoms with Crippen molar-refractivity contribution in [2.45, 2.75) is 33.7 Å². The number of hydrogen-bond acceptors (Lipinski definition) is 3. The maximum atomic E-state index is 13.5. The second kappa shape index (κ2) is 9.18. The number of amides is 1. The van der Waals surface area contributed by atoms with Gasteiger partial charge in [-0.25, -0.2) is 9.67 Å². The molecule has 0 radical (unpaired) electrons. The Morgan fingerprint density at radius 3 is 2.34 bits per heavy atom. The lowest BCUT2D eigenvalue weighted by atomic mass is 10.0. The summed E-state index contributed by atoms with van der Waals surface area (Å²) in [5.74, 6) is -0.121. The molecule has 0 unspecified atom stereocenters. The molecule has 35 heavy (non-hydrogen) atoms. The molecule has 1 N–H and O–H groups in total. The molecule has 5 rings (SSSR count). The first kappa shape index (κ1) is 22.5. The zero-order valence-corrected chi connectivity index (χ0v) is 20.4. The number of aryl methyl sites for hydroxylation is 2. The molecular weight excluding hydrogens is 432 g/mol. The highest BCUT2D eigenvalue weighted by Gasteiger charge is 2.19. The molecule has 5 nitrogen and oxygen atoms in total. The minimum absolute atomic E-state index is 0.119. The second-order valence-corrected chi connectivity index (χ2v) is 9.07. The number of aromatic nitrogens is 3. The quantitative estimate of drug-likeness (QED) is 0.325. The van der Waals surface area contributed by atoms with Crippen LogP contribution in [0, 0.1) is 20.8 Å². The van der Waals surface area contributed by atoms with Gasteiger partial charge in [0, 0.05) is 10.9 Å². The third-order valence-electron chi connectivity index (χ3n) is 6.42. The normalized spacial score (nSPS) is 12.0. The third-order valence-corrected chi connectivity index (χ3v) is 6.42. The van der Waals surface area contributed by atoms with Gasteiger partial charge in [0.15, 0.2) is 0 Å². The molecule has 1 amide bonds. The largest absolute Gasteiger partial charge is 0.345 e. The van der Waals surface area contributed by atoms with Crippen molar-refractivity contribution in [3.05, 3.63) is 113 Å². The molecule has 0 fully saturated rings. The summed E-state index contributed by atoms with van der Waals surface area (Å²) in [6.45, 7) is 8.12. The minimum atomic E-state index is -0.121. The zero-order chi connectivity index (χ0) is 24.5. The van der Waals surface area contributed by atoms with Gasteiger partial charge in [-0.3, -0.25) is 4.79 Å². The van der Waals surface area contributed by atoms with Crippen LogP contribution in [0.25, 0.3) is 27.8 Å². The van der Waals surface area contributed by atoms with Crippen LogP contribution in [0.15, 0.2) is 85.1 Å². The Bertz CT molecular complexity index is 1520. The third kappa shape index (κ3) is 4.45. The van der Waals surface area contributed by atoms with E-state index in [9.17, 15) is 4.79 Å². The van der Waals surface area contributed by atoms with Crippen LogP contribution in [0.2, 0.25) is 0 Å². The van der Waals surface area contributed by atoms with Crippen LogP contribution in [0.3, 0.4) is 0 Å². The fourth-order valence-corrected chi connectivity index (χ4v) is 4.37. The molecule has 3 aromatic carbocycles. The molecule has 174 valence electrons. The van der Waals surface area contributed by atoms with Gasteiger partial charge in [0.05, 0.1) is 40.4 Å². The van der Waals surface area contributed by atoms with Crippen molar-refractivity contribution in [1.29, 1.82) is 0 Å². The van der Waals surface area contributed by atoms with Gasteiger partial charge in [0.1, 0.15) is 0 Å². The van der Waals surface area contributed by atoms with E-state index in [2.05, 4.69) is 41.6 Å². The summed E-state index contributed by atoms with van der Waals surface area (Å²) >= 11 is 0. The van der Waals surface area contributed by atoms with E-state index in [1.807, 2.05) is 86.2 Å². The molecule has 5 heteroatoms. The molecule has 0 saturated heterocycles. The van der Waals surface area contributed by atoms with E-state index in [1.54, 1.807) is 0 Å². The van der Waals surface area contributed by atoms with Gasteiger partial charge < -0.3 is 5.32 Å². The highest BCUT2D eigenvalue weighted by atomic mass is 16.1. The zero-order valence-electron chi connectivity index (χ0n) is 20.4. The first-order valence-corrected chi connectivity index (χ1v) is 11.8. The summed E-state index contributed by atoms with van der Waals surface area (Å²) in [5, 5.41) is 8.63. The number of rotatable bonds is 5. The van der Waals surface area contributed by atoms with Crippen LogP contribution in [-0.4, -0.2) is 20.7 Å². The van der Waals surface area contributed by atoms with Crippen LogP contribution >= 0.6 is 0 Å². The van der Waals surface area contributed by atoms with Crippen molar-refractivity contribution >= 4 is 16.8 Å². The van der Waals surface area contributed by atoms with E-state index in [0.29, 0.717) is 5.56 Å². The van der Waals surface area contributed by atoms with E-state index in [4.69, 9.17) is 4.98 Å². The van der Waals surface area contributed by atoms with Crippen molar-refractivity contribution in [2.75, 3.05) is 0 Å². The van der Waals surface area contributed by atoms with Gasteiger partial charge in [0.2, 0.25) is 0 Å². The number of benzene rings is 3. The van der Waals surface area contributed by atoms with E-state index in [-0.39, 0.29) is 11.9 Å². The average Bonchev–Trinajstić information content (AvgIpc) is 3.25. The van der Waals surface area contributed by atoms with Crippen molar-refractivity contribution in [3.8, 4) is 16.9 Å². The van der Waals surface area contributed by atoms with Crippen molar-refractivity contribution in [3.63, 3.8) is 0 Å². The van der Waals surface area contributed by atoms with Crippen LogP contribution < -0.4 is 5.32 Å². The van der Waals surface area contributed by atoms with Gasteiger partial charge in [-0.05, 0) is 63.6 Å². The number of nitrogens with one attached hydrogen (secondary N) is 1. The average molecular weight is 461 g/mol. The van der Waals surface area contributed by atoms with E-state index < -0.39 is 0 Å². The van der Waals surface area contributed by atoms with E-state index in [0.717, 1.165) is 44.7 Å². The Labute approximate surface area is 205 Å². The minimum Gasteiger partial charge on any atom is -0.345 e. The SMILES string of the molecule is Cc1ccc(-n2ncc(-c3cc(C(=O)N[C@H](C)c4ccccc4)c4cc(C)ccc4n3)c2C)cc1. The summed E-state index contributed by atoms with van der Waals surface area (Å²) in [6.07, 6.45) is 1.83. The molecule has 5 aromatic rings. The highest BCUT2D eigenvalue weighted by Crippen LogP contribution is 2.29. The first-order valence-electron chi connectivity index (χ1n) is 11.8. The van der Waals surface area contributed by atoms with E-state index >= 15 is 0 Å². The van der Waals surface area contributed by atoms with Crippen LogP contribution in [0.5, 0.6) is 0 Å². The topological polar surface area (TPSA) is 59.8 Å². The number of carbonyl (C=O) groups is 1. The van der Waals surface area contributed by atoms with E-state index in [1.165, 1.54) is 5.56 Å². The molecule has 0 aliphatic rings. The summed E-state index contributed by atoms with van der Waals surface area (Å²) in [6, 6.07) is 26.0. The lowest BCUT2D eigenvalue weighted by Gasteiger charge is -2.16. The summed E-state index contributed by atoms with van der Waals surface area (Å²) in [5.41, 5.74) is 8.33. The van der Waals surface area contributed by atoms with Gasteiger partial charge in [-0.15, -0.1) is 0 Å². The molecular formula is C30H28N4O. The lowest BCUT2D eigenvalue weighted by Crippen LogP contribution is -2.27. The number of carbonyl (C=O) groups excluding carboxylic acids is 1. The summed E-state index contributed by atoms with van der Waals surface area (Å²) in [4.78, 5) is 18.4. The lowest BCUT2D eigenvalue weighted by molar-refractivity contribution is 0.0941. The van der Waals surface area contributed by atoms with Crippen molar-refractivity contribution < 1.29 is 4.79 Å².